The van der Waals surface area contributed by atoms with E-state index in [1.807, 2.05) is 0 Å². The highest BCUT2D eigenvalue weighted by Crippen LogP contribution is 2.18. The summed E-state index contributed by atoms with van der Waals surface area (Å²) in [5, 5.41) is 3.54. The molecule has 140 valence electrons. The van der Waals surface area contributed by atoms with E-state index in [0.29, 0.717) is 0 Å². The van der Waals surface area contributed by atoms with Gasteiger partial charge in [-0.2, -0.15) is 4.72 Å². The quantitative estimate of drug-likeness (QED) is 0.568. The Morgan fingerprint density at radius 3 is 2.42 bits per heavy atom. The zero-order valence-electron chi connectivity index (χ0n) is 14.3. The molecule has 8 nitrogen and oxygen atoms in total. The lowest BCUT2D eigenvalue weighted by Crippen LogP contribution is -2.34. The fraction of sp³-hybridized carbons (Fsp3) is 0.312. The van der Waals surface area contributed by atoms with Crippen LogP contribution >= 0.6 is 0 Å². The van der Waals surface area contributed by atoms with Gasteiger partial charge in [0.2, 0.25) is 15.8 Å². The van der Waals surface area contributed by atoms with E-state index < -0.39 is 40.2 Å². The summed E-state index contributed by atoms with van der Waals surface area (Å²) in [5.41, 5.74) is 0.325. The second kappa shape index (κ2) is 7.75. The Hall–Kier alpha value is -2.59. The van der Waals surface area contributed by atoms with Crippen molar-refractivity contribution in [1.82, 2.24) is 9.88 Å². The van der Waals surface area contributed by atoms with Gasteiger partial charge in [-0.05, 0) is 45.0 Å². The number of carbonyl (C=O) groups excluding carboxylic acids is 2. The maximum absolute atomic E-state index is 12.9. The van der Waals surface area contributed by atoms with Crippen molar-refractivity contribution in [3.63, 3.8) is 0 Å². The molecule has 0 aliphatic carbocycles. The van der Waals surface area contributed by atoms with Crippen LogP contribution in [0, 0.1) is 19.7 Å². The van der Waals surface area contributed by atoms with Crippen molar-refractivity contribution < 1.29 is 31.7 Å². The molecule has 2 rings (SSSR count). The number of ketones is 1. The molecule has 0 aliphatic rings. The van der Waals surface area contributed by atoms with Gasteiger partial charge in [0.25, 0.3) is 0 Å². The number of carbonyl (C=O) groups is 2. The van der Waals surface area contributed by atoms with E-state index in [1.165, 1.54) is 32.9 Å². The average Bonchev–Trinajstić information content (AvgIpc) is 2.92. The Labute approximate surface area is 149 Å². The van der Waals surface area contributed by atoms with E-state index in [-0.39, 0.29) is 21.9 Å². The van der Waals surface area contributed by atoms with Gasteiger partial charge in [-0.15, -0.1) is 0 Å². The summed E-state index contributed by atoms with van der Waals surface area (Å²) in [6.07, 6.45) is -1.16. The third-order valence-electron chi connectivity index (χ3n) is 3.45. The molecule has 1 heterocycles. The summed E-state index contributed by atoms with van der Waals surface area (Å²) >= 11 is 0. The largest absolute Gasteiger partial charge is 0.453 e. The number of hydrogen-bond donors (Lipinski definition) is 1. The van der Waals surface area contributed by atoms with Crippen molar-refractivity contribution in [2.24, 2.45) is 0 Å². The number of hydrogen-bond acceptors (Lipinski definition) is 7. The average molecular weight is 384 g/mol. The van der Waals surface area contributed by atoms with Gasteiger partial charge in [0.05, 0.1) is 0 Å². The number of nitrogens with zero attached hydrogens (tertiary/aromatic N) is 1. The summed E-state index contributed by atoms with van der Waals surface area (Å²) in [6, 6.07) is 4.75. The van der Waals surface area contributed by atoms with Crippen LogP contribution in [-0.4, -0.2) is 38.0 Å². The summed E-state index contributed by atoms with van der Waals surface area (Å²) in [4.78, 5) is 23.8. The third-order valence-corrected chi connectivity index (χ3v) is 5.09. The van der Waals surface area contributed by atoms with Crippen molar-refractivity contribution in [3.8, 4) is 0 Å². The van der Waals surface area contributed by atoms with Crippen LogP contribution in [0.15, 0.2) is 33.7 Å². The first-order valence-electron chi connectivity index (χ1n) is 7.53. The molecule has 1 aromatic heterocycles. The first kappa shape index (κ1) is 19.7. The molecule has 0 bridgehead atoms. The van der Waals surface area contributed by atoms with Crippen LogP contribution < -0.4 is 4.72 Å². The maximum Gasteiger partial charge on any atom is 0.321 e. The molecule has 0 spiro atoms. The van der Waals surface area contributed by atoms with Crippen molar-refractivity contribution in [3.05, 3.63) is 47.1 Å². The Bertz CT molecular complexity index is 901. The van der Waals surface area contributed by atoms with E-state index in [4.69, 9.17) is 9.26 Å². The molecule has 1 N–H and O–H groups in total. The highest BCUT2D eigenvalue weighted by atomic mass is 32.2. The number of ether oxygens (including phenoxy) is 1. The van der Waals surface area contributed by atoms with E-state index in [2.05, 4.69) is 9.88 Å². The lowest BCUT2D eigenvalue weighted by molar-refractivity contribution is -0.144. The number of aromatic nitrogens is 1. The summed E-state index contributed by atoms with van der Waals surface area (Å²) in [5.74, 6) is -1.89. The van der Waals surface area contributed by atoms with Gasteiger partial charge in [-0.25, -0.2) is 12.8 Å². The molecule has 0 fully saturated rings. The second-order valence-electron chi connectivity index (χ2n) is 5.48. The minimum atomic E-state index is -4.02. The summed E-state index contributed by atoms with van der Waals surface area (Å²) in [6.45, 7) is 3.54. The van der Waals surface area contributed by atoms with Crippen LogP contribution in [0.25, 0.3) is 0 Å². The van der Waals surface area contributed by atoms with Crippen LogP contribution in [0.2, 0.25) is 0 Å². The fourth-order valence-electron chi connectivity index (χ4n) is 2.23. The van der Waals surface area contributed by atoms with Gasteiger partial charge in [0.15, 0.2) is 11.9 Å². The van der Waals surface area contributed by atoms with Crippen LogP contribution in [-0.2, 0) is 19.6 Å². The molecule has 0 radical (unpaired) electrons. The molecule has 0 saturated heterocycles. The predicted octanol–water partition coefficient (Wildman–Crippen LogP) is 1.52. The lowest BCUT2D eigenvalue weighted by atomic mass is 10.1. The standard InChI is InChI=1S/C16H17FN2O6S/c1-9-16(11(3)25-19-9)26(22,23)18-8-14(20)24-10(2)15(21)12-4-6-13(17)7-5-12/h4-7,10,18H,8H2,1-3H3/t10-/m0/s1. The smallest absolute Gasteiger partial charge is 0.321 e. The molecule has 2 aromatic rings. The predicted molar refractivity (Wildman–Crippen MR) is 87.5 cm³/mol. The Balaban J connectivity index is 1.96. The number of sulfonamides is 1. The summed E-state index contributed by atoms with van der Waals surface area (Å²) in [7, 11) is -4.02. The monoisotopic (exact) mass is 384 g/mol. The maximum atomic E-state index is 12.9. The van der Waals surface area contributed by atoms with Gasteiger partial charge in [-0.3, -0.25) is 9.59 Å². The van der Waals surface area contributed by atoms with Gasteiger partial charge in [0.1, 0.15) is 23.0 Å². The Kier molecular flexibility index (Phi) is 5.88. The normalized spacial score (nSPS) is 12.6. The molecule has 1 atom stereocenters. The highest BCUT2D eigenvalue weighted by molar-refractivity contribution is 7.89. The molecule has 10 heteroatoms. The minimum Gasteiger partial charge on any atom is -0.453 e. The molecule has 0 unspecified atom stereocenters. The molecule has 0 saturated carbocycles. The van der Waals surface area contributed by atoms with Gasteiger partial charge < -0.3 is 9.26 Å². The van der Waals surface area contributed by atoms with Crippen LogP contribution in [0.1, 0.15) is 28.7 Å². The second-order valence-corrected chi connectivity index (χ2v) is 7.18. The van der Waals surface area contributed by atoms with Gasteiger partial charge in [0, 0.05) is 5.56 Å². The molecule has 0 amide bonds. The number of halogens is 1. The molecular weight excluding hydrogens is 367 g/mol. The van der Waals surface area contributed by atoms with Crippen LogP contribution in [0.4, 0.5) is 4.39 Å². The van der Waals surface area contributed by atoms with E-state index in [1.54, 1.807) is 0 Å². The third kappa shape index (κ3) is 4.52. The molecule has 1 aromatic carbocycles. The van der Waals surface area contributed by atoms with Crippen molar-refractivity contribution in [1.29, 1.82) is 0 Å². The van der Waals surface area contributed by atoms with Crippen molar-refractivity contribution in [2.75, 3.05) is 6.54 Å². The molecule has 26 heavy (non-hydrogen) atoms. The zero-order valence-corrected chi connectivity index (χ0v) is 15.1. The Morgan fingerprint density at radius 2 is 1.88 bits per heavy atom. The number of Topliss-reactive ketones (excluding diaryl/α,β-unsaturated/α-hetero) is 1. The number of esters is 1. The minimum absolute atomic E-state index is 0.0863. The molecular formula is C16H17FN2O6S. The molecule has 0 aliphatic heterocycles. The van der Waals surface area contributed by atoms with Crippen LogP contribution in [0.5, 0.6) is 0 Å². The zero-order chi connectivity index (χ0) is 19.5. The van der Waals surface area contributed by atoms with E-state index in [9.17, 15) is 22.4 Å². The Morgan fingerprint density at radius 1 is 1.27 bits per heavy atom. The fourth-order valence-corrected chi connectivity index (χ4v) is 3.52. The van der Waals surface area contributed by atoms with Crippen LogP contribution in [0.3, 0.4) is 0 Å². The first-order valence-corrected chi connectivity index (χ1v) is 9.02. The van der Waals surface area contributed by atoms with E-state index >= 15 is 0 Å². The number of aryl methyl sites for hydroxylation is 2. The van der Waals surface area contributed by atoms with Gasteiger partial charge in [-0.1, -0.05) is 5.16 Å². The van der Waals surface area contributed by atoms with E-state index in [0.717, 1.165) is 12.1 Å². The lowest BCUT2D eigenvalue weighted by Gasteiger charge is -2.13. The SMILES string of the molecule is Cc1noc(C)c1S(=O)(=O)NCC(=O)O[C@@H](C)C(=O)c1ccc(F)cc1. The number of rotatable bonds is 7. The van der Waals surface area contributed by atoms with Gasteiger partial charge >= 0.3 is 5.97 Å². The number of nitrogens with one attached hydrogen (secondary N) is 1. The number of benzene rings is 1. The van der Waals surface area contributed by atoms with Crippen molar-refractivity contribution in [2.45, 2.75) is 31.8 Å². The summed E-state index contributed by atoms with van der Waals surface area (Å²) < 4.78 is 49.0. The topological polar surface area (TPSA) is 116 Å². The first-order chi connectivity index (χ1) is 12.1. The van der Waals surface area contributed by atoms with Crippen molar-refractivity contribution >= 4 is 21.8 Å². The highest BCUT2D eigenvalue weighted by Gasteiger charge is 2.26.